The minimum absolute atomic E-state index is 0.805. The van der Waals surface area contributed by atoms with Gasteiger partial charge in [-0.1, -0.05) is 58.3 Å². The standard InChI is InChI=1S/C16H31NS/c1-14-12-13-17-15-10-8-6-4-2-3-5-7-9-11-16(15)18-14/h14-17H,2-13H2,1H3. The maximum atomic E-state index is 3.85. The lowest BCUT2D eigenvalue weighted by Gasteiger charge is -2.26. The molecule has 0 spiro atoms. The molecule has 0 radical (unpaired) electrons. The third-order valence-corrected chi connectivity index (χ3v) is 6.18. The zero-order valence-corrected chi connectivity index (χ0v) is 12.9. The Morgan fingerprint density at radius 1 is 0.778 bits per heavy atom. The summed E-state index contributed by atoms with van der Waals surface area (Å²) < 4.78 is 0. The molecule has 0 aromatic rings. The average molecular weight is 269 g/mol. The Morgan fingerprint density at radius 2 is 1.39 bits per heavy atom. The zero-order chi connectivity index (χ0) is 12.6. The molecule has 1 aliphatic heterocycles. The SMILES string of the molecule is CC1CCNC2CCCCCCCCCCC2S1. The minimum Gasteiger partial charge on any atom is -0.313 e. The summed E-state index contributed by atoms with van der Waals surface area (Å²) >= 11 is 2.28. The second-order valence-corrected chi connectivity index (χ2v) is 7.92. The predicted molar refractivity (Wildman–Crippen MR) is 83.4 cm³/mol. The lowest BCUT2D eigenvalue weighted by Crippen LogP contribution is -2.37. The molecule has 1 saturated carbocycles. The normalized spacial score (nSPS) is 36.8. The van der Waals surface area contributed by atoms with Gasteiger partial charge in [0.15, 0.2) is 0 Å². The van der Waals surface area contributed by atoms with Gasteiger partial charge in [-0.15, -0.1) is 0 Å². The molecular formula is C16H31NS. The molecule has 1 saturated heterocycles. The summed E-state index contributed by atoms with van der Waals surface area (Å²) in [5, 5.41) is 5.60. The first-order valence-electron chi connectivity index (χ1n) is 8.25. The van der Waals surface area contributed by atoms with E-state index < -0.39 is 0 Å². The van der Waals surface area contributed by atoms with E-state index >= 15 is 0 Å². The van der Waals surface area contributed by atoms with E-state index in [0.717, 1.165) is 16.5 Å². The molecule has 0 bridgehead atoms. The van der Waals surface area contributed by atoms with Gasteiger partial charge < -0.3 is 5.32 Å². The first-order chi connectivity index (χ1) is 8.86. The molecule has 2 rings (SSSR count). The monoisotopic (exact) mass is 269 g/mol. The van der Waals surface area contributed by atoms with Crippen LogP contribution in [-0.4, -0.2) is 23.1 Å². The van der Waals surface area contributed by atoms with Gasteiger partial charge >= 0.3 is 0 Å². The zero-order valence-electron chi connectivity index (χ0n) is 12.1. The van der Waals surface area contributed by atoms with Crippen LogP contribution < -0.4 is 5.32 Å². The molecule has 2 aliphatic rings. The van der Waals surface area contributed by atoms with E-state index in [4.69, 9.17) is 0 Å². The Hall–Kier alpha value is 0.310. The molecular weight excluding hydrogens is 238 g/mol. The summed E-state index contributed by atoms with van der Waals surface area (Å²) in [6.45, 7) is 3.67. The van der Waals surface area contributed by atoms with Crippen molar-refractivity contribution in [3.8, 4) is 0 Å². The van der Waals surface area contributed by atoms with Crippen molar-refractivity contribution in [1.82, 2.24) is 5.32 Å². The molecule has 1 aliphatic carbocycles. The Balaban J connectivity index is 1.88. The van der Waals surface area contributed by atoms with Crippen molar-refractivity contribution < 1.29 is 0 Å². The highest BCUT2D eigenvalue weighted by Crippen LogP contribution is 2.31. The van der Waals surface area contributed by atoms with E-state index in [2.05, 4.69) is 24.0 Å². The fourth-order valence-electron chi connectivity index (χ4n) is 3.39. The molecule has 0 aromatic heterocycles. The molecule has 3 atom stereocenters. The van der Waals surface area contributed by atoms with Crippen molar-refractivity contribution >= 4 is 11.8 Å². The lowest BCUT2D eigenvalue weighted by atomic mass is 9.97. The Kier molecular flexibility index (Phi) is 6.93. The van der Waals surface area contributed by atoms with Crippen LogP contribution in [0.2, 0.25) is 0 Å². The second-order valence-electron chi connectivity index (χ2n) is 6.24. The van der Waals surface area contributed by atoms with Crippen LogP contribution in [0.1, 0.15) is 77.6 Å². The van der Waals surface area contributed by atoms with E-state index in [1.54, 1.807) is 0 Å². The van der Waals surface area contributed by atoms with Gasteiger partial charge in [-0.2, -0.15) is 11.8 Å². The quantitative estimate of drug-likeness (QED) is 0.681. The topological polar surface area (TPSA) is 12.0 Å². The molecule has 1 nitrogen and oxygen atoms in total. The summed E-state index contributed by atoms with van der Waals surface area (Å²) in [4.78, 5) is 0. The lowest BCUT2D eigenvalue weighted by molar-refractivity contribution is 0.418. The van der Waals surface area contributed by atoms with Crippen molar-refractivity contribution in [2.75, 3.05) is 6.54 Å². The molecule has 2 fully saturated rings. The van der Waals surface area contributed by atoms with Crippen LogP contribution in [0.25, 0.3) is 0 Å². The fourth-order valence-corrected chi connectivity index (χ4v) is 4.97. The number of rotatable bonds is 0. The average Bonchev–Trinajstić information content (AvgIpc) is 2.51. The van der Waals surface area contributed by atoms with E-state index in [1.165, 1.54) is 77.2 Å². The van der Waals surface area contributed by atoms with Gasteiger partial charge in [0.1, 0.15) is 0 Å². The van der Waals surface area contributed by atoms with E-state index in [9.17, 15) is 0 Å². The molecule has 2 heteroatoms. The molecule has 1 N–H and O–H groups in total. The van der Waals surface area contributed by atoms with Crippen LogP contribution in [0.4, 0.5) is 0 Å². The van der Waals surface area contributed by atoms with Gasteiger partial charge in [-0.05, 0) is 25.8 Å². The largest absolute Gasteiger partial charge is 0.313 e. The first-order valence-corrected chi connectivity index (χ1v) is 9.19. The number of hydrogen-bond donors (Lipinski definition) is 1. The Labute approximate surface area is 118 Å². The summed E-state index contributed by atoms with van der Waals surface area (Å²) in [6, 6.07) is 0.805. The molecule has 0 amide bonds. The highest BCUT2D eigenvalue weighted by atomic mass is 32.2. The van der Waals surface area contributed by atoms with Gasteiger partial charge in [0.2, 0.25) is 0 Å². The van der Waals surface area contributed by atoms with Crippen LogP contribution in [0, 0.1) is 0 Å². The van der Waals surface area contributed by atoms with Crippen LogP contribution in [0.15, 0.2) is 0 Å². The van der Waals surface area contributed by atoms with Gasteiger partial charge in [0.25, 0.3) is 0 Å². The van der Waals surface area contributed by atoms with Crippen LogP contribution in [-0.2, 0) is 0 Å². The molecule has 1 heterocycles. The van der Waals surface area contributed by atoms with Gasteiger partial charge in [-0.3, -0.25) is 0 Å². The van der Waals surface area contributed by atoms with E-state index in [1.807, 2.05) is 0 Å². The van der Waals surface area contributed by atoms with E-state index in [0.29, 0.717) is 0 Å². The van der Waals surface area contributed by atoms with Crippen molar-refractivity contribution in [2.45, 2.75) is 94.1 Å². The first kappa shape index (κ1) is 14.7. The van der Waals surface area contributed by atoms with Crippen molar-refractivity contribution in [1.29, 1.82) is 0 Å². The van der Waals surface area contributed by atoms with Crippen LogP contribution >= 0.6 is 11.8 Å². The van der Waals surface area contributed by atoms with Crippen molar-refractivity contribution in [2.24, 2.45) is 0 Å². The molecule has 3 unspecified atom stereocenters. The third-order valence-electron chi connectivity index (χ3n) is 4.57. The summed E-state index contributed by atoms with van der Waals surface area (Å²) in [5.41, 5.74) is 0. The predicted octanol–water partition coefficient (Wildman–Crippen LogP) is 4.75. The Morgan fingerprint density at radius 3 is 2.11 bits per heavy atom. The molecule has 0 aromatic carbocycles. The summed E-state index contributed by atoms with van der Waals surface area (Å²) in [5.74, 6) is 0. The highest BCUT2D eigenvalue weighted by Gasteiger charge is 2.26. The molecule has 106 valence electrons. The van der Waals surface area contributed by atoms with Gasteiger partial charge in [-0.25, -0.2) is 0 Å². The number of fused-ring (bicyclic) bond motifs is 1. The number of hydrogen-bond acceptors (Lipinski definition) is 2. The minimum atomic E-state index is 0.805. The highest BCUT2D eigenvalue weighted by molar-refractivity contribution is 8.00. The fraction of sp³-hybridized carbons (Fsp3) is 1.00. The maximum absolute atomic E-state index is 3.85. The number of nitrogens with one attached hydrogen (secondary N) is 1. The van der Waals surface area contributed by atoms with Crippen LogP contribution in [0.3, 0.4) is 0 Å². The van der Waals surface area contributed by atoms with Crippen LogP contribution in [0.5, 0.6) is 0 Å². The Bertz CT molecular complexity index is 219. The summed E-state index contributed by atoms with van der Waals surface area (Å²) in [6.07, 6.45) is 16.0. The summed E-state index contributed by atoms with van der Waals surface area (Å²) in [7, 11) is 0. The maximum Gasteiger partial charge on any atom is 0.0203 e. The smallest absolute Gasteiger partial charge is 0.0203 e. The van der Waals surface area contributed by atoms with Crippen molar-refractivity contribution in [3.05, 3.63) is 0 Å². The second kappa shape index (κ2) is 8.47. The molecule has 18 heavy (non-hydrogen) atoms. The third kappa shape index (κ3) is 5.13. The van der Waals surface area contributed by atoms with Gasteiger partial charge in [0, 0.05) is 16.5 Å². The number of thioether (sulfide) groups is 1. The van der Waals surface area contributed by atoms with Gasteiger partial charge in [0.05, 0.1) is 0 Å². The van der Waals surface area contributed by atoms with Crippen molar-refractivity contribution in [3.63, 3.8) is 0 Å². The van der Waals surface area contributed by atoms with E-state index in [-0.39, 0.29) is 0 Å².